The summed E-state index contributed by atoms with van der Waals surface area (Å²) in [6.45, 7) is 3.72. The smallest absolute Gasteiger partial charge is 0.253 e. The van der Waals surface area contributed by atoms with E-state index in [1.54, 1.807) is 29.2 Å². The van der Waals surface area contributed by atoms with Gasteiger partial charge in [-0.15, -0.1) is 0 Å². The minimum absolute atomic E-state index is 0.0236. The van der Waals surface area contributed by atoms with Crippen LogP contribution < -0.4 is 5.73 Å². The lowest BCUT2D eigenvalue weighted by molar-refractivity contribution is -0.141. The maximum absolute atomic E-state index is 12.6. The molecule has 3 rings (SSSR count). The number of piperidine rings is 1. The van der Waals surface area contributed by atoms with Crippen LogP contribution in [-0.2, 0) is 9.53 Å². The van der Waals surface area contributed by atoms with Crippen molar-refractivity contribution in [3.05, 3.63) is 29.8 Å². The Morgan fingerprint density at radius 3 is 2.43 bits per heavy atom. The van der Waals surface area contributed by atoms with Crippen molar-refractivity contribution in [1.82, 2.24) is 9.80 Å². The Morgan fingerprint density at radius 1 is 1.04 bits per heavy atom. The molecule has 0 saturated carbocycles. The molecular formula is C17H23N3O3. The number of hydrogen-bond acceptors (Lipinski definition) is 4. The first-order valence-electron chi connectivity index (χ1n) is 8.16. The van der Waals surface area contributed by atoms with Crippen LogP contribution in [0, 0.1) is 5.92 Å². The van der Waals surface area contributed by atoms with Gasteiger partial charge in [0, 0.05) is 37.4 Å². The number of benzene rings is 1. The first-order chi connectivity index (χ1) is 11.1. The second-order valence-corrected chi connectivity index (χ2v) is 6.15. The SMILES string of the molecule is Nc1ccc(C(=O)N2CCCC(C(=O)N3CCOCC3)C2)cc1. The maximum atomic E-state index is 12.6. The van der Waals surface area contributed by atoms with Gasteiger partial charge in [0.25, 0.3) is 5.91 Å². The summed E-state index contributed by atoms with van der Waals surface area (Å²) in [5, 5.41) is 0. The van der Waals surface area contributed by atoms with Gasteiger partial charge in [-0.25, -0.2) is 0 Å². The van der Waals surface area contributed by atoms with Gasteiger partial charge in [0.15, 0.2) is 0 Å². The maximum Gasteiger partial charge on any atom is 0.253 e. The zero-order chi connectivity index (χ0) is 16.2. The lowest BCUT2D eigenvalue weighted by Gasteiger charge is -2.36. The normalized spacial score (nSPS) is 22.0. The lowest BCUT2D eigenvalue weighted by Crippen LogP contribution is -2.49. The van der Waals surface area contributed by atoms with E-state index in [2.05, 4.69) is 0 Å². The molecule has 0 spiro atoms. The summed E-state index contributed by atoms with van der Waals surface area (Å²) in [6, 6.07) is 6.94. The highest BCUT2D eigenvalue weighted by Gasteiger charge is 2.32. The molecule has 6 heteroatoms. The highest BCUT2D eigenvalue weighted by molar-refractivity contribution is 5.95. The van der Waals surface area contributed by atoms with Gasteiger partial charge >= 0.3 is 0 Å². The van der Waals surface area contributed by atoms with Crippen molar-refractivity contribution in [3.63, 3.8) is 0 Å². The third kappa shape index (κ3) is 3.64. The van der Waals surface area contributed by atoms with Crippen molar-refractivity contribution in [3.8, 4) is 0 Å². The number of rotatable bonds is 2. The average Bonchev–Trinajstić information content (AvgIpc) is 2.62. The quantitative estimate of drug-likeness (QED) is 0.825. The van der Waals surface area contributed by atoms with E-state index < -0.39 is 0 Å². The van der Waals surface area contributed by atoms with E-state index in [1.165, 1.54) is 0 Å². The highest BCUT2D eigenvalue weighted by atomic mass is 16.5. The fraction of sp³-hybridized carbons (Fsp3) is 0.529. The van der Waals surface area contributed by atoms with Crippen molar-refractivity contribution in [2.24, 2.45) is 5.92 Å². The Balaban J connectivity index is 1.64. The summed E-state index contributed by atoms with van der Waals surface area (Å²) in [6.07, 6.45) is 1.71. The molecule has 0 radical (unpaired) electrons. The van der Waals surface area contributed by atoms with Crippen molar-refractivity contribution in [2.75, 3.05) is 45.1 Å². The molecule has 1 aromatic rings. The van der Waals surface area contributed by atoms with Crippen molar-refractivity contribution in [1.29, 1.82) is 0 Å². The van der Waals surface area contributed by atoms with E-state index in [0.717, 1.165) is 12.8 Å². The van der Waals surface area contributed by atoms with Gasteiger partial charge in [0.2, 0.25) is 5.91 Å². The summed E-state index contributed by atoms with van der Waals surface area (Å²) in [5.41, 5.74) is 6.93. The summed E-state index contributed by atoms with van der Waals surface area (Å²) in [5.74, 6) is 0.0344. The molecule has 23 heavy (non-hydrogen) atoms. The predicted molar refractivity (Wildman–Crippen MR) is 86.9 cm³/mol. The standard InChI is InChI=1S/C17H23N3O3/c18-15-5-3-13(4-6-15)16(21)20-7-1-2-14(12-20)17(22)19-8-10-23-11-9-19/h3-6,14H,1-2,7-12,18H2. The Hall–Kier alpha value is -2.08. The average molecular weight is 317 g/mol. The third-order valence-electron chi connectivity index (χ3n) is 4.54. The Bertz CT molecular complexity index is 567. The summed E-state index contributed by atoms with van der Waals surface area (Å²) >= 11 is 0. The van der Waals surface area contributed by atoms with Crippen LogP contribution in [0.2, 0.25) is 0 Å². The number of nitrogens with two attached hydrogens (primary N) is 1. The number of morpholine rings is 1. The number of nitrogens with zero attached hydrogens (tertiary/aromatic N) is 2. The minimum Gasteiger partial charge on any atom is -0.399 e. The number of carbonyl (C=O) groups is 2. The van der Waals surface area contributed by atoms with Crippen molar-refractivity contribution in [2.45, 2.75) is 12.8 Å². The van der Waals surface area contributed by atoms with E-state index in [1.807, 2.05) is 4.90 Å². The first kappa shape index (κ1) is 15.8. The molecule has 0 aliphatic carbocycles. The molecule has 2 N–H and O–H groups in total. The molecule has 2 aliphatic heterocycles. The topological polar surface area (TPSA) is 75.9 Å². The minimum atomic E-state index is -0.0976. The van der Waals surface area contributed by atoms with Gasteiger partial charge in [0.05, 0.1) is 19.1 Å². The Labute approximate surface area is 136 Å². The van der Waals surface area contributed by atoms with Crippen molar-refractivity contribution >= 4 is 17.5 Å². The van der Waals surface area contributed by atoms with Crippen LogP contribution in [0.1, 0.15) is 23.2 Å². The zero-order valence-corrected chi connectivity index (χ0v) is 13.2. The van der Waals surface area contributed by atoms with Gasteiger partial charge in [-0.05, 0) is 37.1 Å². The second-order valence-electron chi connectivity index (χ2n) is 6.15. The van der Waals surface area contributed by atoms with E-state index in [0.29, 0.717) is 50.6 Å². The van der Waals surface area contributed by atoms with Gasteiger partial charge in [-0.1, -0.05) is 0 Å². The first-order valence-corrected chi connectivity index (χ1v) is 8.16. The van der Waals surface area contributed by atoms with E-state index in [4.69, 9.17) is 10.5 Å². The largest absolute Gasteiger partial charge is 0.399 e. The van der Waals surface area contributed by atoms with Crippen LogP contribution in [0.4, 0.5) is 5.69 Å². The van der Waals surface area contributed by atoms with Crippen LogP contribution in [0.5, 0.6) is 0 Å². The summed E-state index contributed by atoms with van der Waals surface area (Å²) in [7, 11) is 0. The Morgan fingerprint density at radius 2 is 1.74 bits per heavy atom. The highest BCUT2D eigenvalue weighted by Crippen LogP contribution is 2.21. The summed E-state index contributed by atoms with van der Waals surface area (Å²) in [4.78, 5) is 28.9. The predicted octanol–water partition coefficient (Wildman–Crippen LogP) is 0.980. The molecule has 2 amide bonds. The molecule has 1 aromatic carbocycles. The molecule has 2 aliphatic rings. The molecule has 0 aromatic heterocycles. The van der Waals surface area contributed by atoms with Gasteiger partial charge in [-0.3, -0.25) is 9.59 Å². The van der Waals surface area contributed by atoms with Gasteiger partial charge in [0.1, 0.15) is 0 Å². The number of anilines is 1. The molecular weight excluding hydrogens is 294 g/mol. The molecule has 2 heterocycles. The molecule has 124 valence electrons. The fourth-order valence-corrected chi connectivity index (χ4v) is 3.21. The second kappa shape index (κ2) is 7.00. The monoisotopic (exact) mass is 317 g/mol. The van der Waals surface area contributed by atoms with Crippen molar-refractivity contribution < 1.29 is 14.3 Å². The van der Waals surface area contributed by atoms with Crippen LogP contribution in [0.3, 0.4) is 0 Å². The summed E-state index contributed by atoms with van der Waals surface area (Å²) < 4.78 is 5.30. The van der Waals surface area contributed by atoms with E-state index in [9.17, 15) is 9.59 Å². The number of likely N-dealkylation sites (tertiary alicyclic amines) is 1. The molecule has 1 atom stereocenters. The Kier molecular flexibility index (Phi) is 4.81. The van der Waals surface area contributed by atoms with Crippen LogP contribution >= 0.6 is 0 Å². The van der Waals surface area contributed by atoms with Crippen LogP contribution in [0.15, 0.2) is 24.3 Å². The number of carbonyl (C=O) groups excluding carboxylic acids is 2. The molecule has 2 saturated heterocycles. The van der Waals surface area contributed by atoms with E-state index >= 15 is 0 Å². The van der Waals surface area contributed by atoms with Crippen LogP contribution in [0.25, 0.3) is 0 Å². The molecule has 6 nitrogen and oxygen atoms in total. The fourth-order valence-electron chi connectivity index (χ4n) is 3.21. The van der Waals surface area contributed by atoms with Gasteiger partial charge in [-0.2, -0.15) is 0 Å². The number of nitrogen functional groups attached to an aromatic ring is 1. The molecule has 2 fully saturated rings. The molecule has 1 unspecified atom stereocenters. The number of amides is 2. The number of ether oxygens (including phenoxy) is 1. The number of hydrogen-bond donors (Lipinski definition) is 1. The van der Waals surface area contributed by atoms with Crippen LogP contribution in [-0.4, -0.2) is 61.0 Å². The molecule has 0 bridgehead atoms. The van der Waals surface area contributed by atoms with Gasteiger partial charge < -0.3 is 20.3 Å². The third-order valence-corrected chi connectivity index (χ3v) is 4.54. The lowest BCUT2D eigenvalue weighted by atomic mass is 9.95. The van der Waals surface area contributed by atoms with E-state index in [-0.39, 0.29) is 17.7 Å². The zero-order valence-electron chi connectivity index (χ0n) is 13.2.